The lowest BCUT2D eigenvalue weighted by atomic mass is 10.1. The van der Waals surface area contributed by atoms with Crippen molar-refractivity contribution in [2.75, 3.05) is 0 Å². The monoisotopic (exact) mass is 390 g/mol. The molecule has 28 heavy (non-hydrogen) atoms. The minimum absolute atomic E-state index is 0.0397. The molecule has 0 heterocycles. The number of ketones is 1. The van der Waals surface area contributed by atoms with E-state index in [0.717, 1.165) is 12.8 Å². The van der Waals surface area contributed by atoms with Gasteiger partial charge in [-0.3, -0.25) is 14.4 Å². The van der Waals surface area contributed by atoms with E-state index < -0.39 is 5.97 Å². The van der Waals surface area contributed by atoms with Crippen molar-refractivity contribution in [2.24, 2.45) is 0 Å². The molecule has 1 aromatic carbocycles. The Morgan fingerprint density at radius 1 is 0.857 bits per heavy atom. The van der Waals surface area contributed by atoms with Gasteiger partial charge < -0.3 is 9.47 Å². The molecule has 1 rings (SSSR count). The molecule has 0 aliphatic rings. The summed E-state index contributed by atoms with van der Waals surface area (Å²) in [6, 6.07) is 6.42. The summed E-state index contributed by atoms with van der Waals surface area (Å²) in [5.41, 5.74) is 0.567. The van der Waals surface area contributed by atoms with Gasteiger partial charge in [-0.2, -0.15) is 0 Å². The van der Waals surface area contributed by atoms with Crippen molar-refractivity contribution in [3.63, 3.8) is 0 Å². The van der Waals surface area contributed by atoms with E-state index in [4.69, 9.17) is 9.47 Å². The second-order valence-electron chi connectivity index (χ2n) is 7.27. The number of rotatable bonds is 14. The second kappa shape index (κ2) is 13.9. The molecule has 1 atom stereocenters. The van der Waals surface area contributed by atoms with E-state index in [0.29, 0.717) is 17.7 Å². The van der Waals surface area contributed by atoms with Gasteiger partial charge in [0.1, 0.15) is 5.75 Å². The highest BCUT2D eigenvalue weighted by Gasteiger charge is 2.12. The number of carbonyl (C=O) groups is 3. The lowest BCUT2D eigenvalue weighted by molar-refractivity contribution is -0.148. The quantitative estimate of drug-likeness (QED) is 0.178. The van der Waals surface area contributed by atoms with Crippen LogP contribution in [0, 0.1) is 0 Å². The Kier molecular flexibility index (Phi) is 11.9. The third-order valence-electron chi connectivity index (χ3n) is 4.55. The Balaban J connectivity index is 2.14. The maximum atomic E-state index is 11.9. The van der Waals surface area contributed by atoms with E-state index in [-0.39, 0.29) is 30.7 Å². The van der Waals surface area contributed by atoms with E-state index >= 15 is 0 Å². The first-order chi connectivity index (χ1) is 13.4. The fourth-order valence-corrected chi connectivity index (χ4v) is 2.87. The van der Waals surface area contributed by atoms with E-state index in [9.17, 15) is 14.4 Å². The van der Waals surface area contributed by atoms with Crippen LogP contribution in [0.1, 0.15) is 95.3 Å². The number of hydrogen-bond donors (Lipinski definition) is 0. The SMILES string of the molecule is CCCCCCCCC(C)OC(=O)CCCC(=O)Oc1ccc(C(C)=O)cc1. The summed E-state index contributed by atoms with van der Waals surface area (Å²) in [7, 11) is 0. The highest BCUT2D eigenvalue weighted by molar-refractivity contribution is 5.94. The molecule has 0 saturated carbocycles. The average Bonchev–Trinajstić information content (AvgIpc) is 2.65. The number of Topliss-reactive ketones (excluding diaryl/α,β-unsaturated/α-hetero) is 1. The number of esters is 2. The Labute approximate surface area is 168 Å². The van der Waals surface area contributed by atoms with E-state index in [1.807, 2.05) is 6.92 Å². The van der Waals surface area contributed by atoms with Gasteiger partial charge in [0.25, 0.3) is 0 Å². The largest absolute Gasteiger partial charge is 0.463 e. The zero-order valence-electron chi connectivity index (χ0n) is 17.5. The van der Waals surface area contributed by atoms with Gasteiger partial charge >= 0.3 is 11.9 Å². The molecule has 5 nitrogen and oxygen atoms in total. The molecule has 0 aromatic heterocycles. The maximum Gasteiger partial charge on any atom is 0.311 e. The van der Waals surface area contributed by atoms with Crippen LogP contribution in [0.3, 0.4) is 0 Å². The van der Waals surface area contributed by atoms with Gasteiger partial charge in [0, 0.05) is 18.4 Å². The average molecular weight is 391 g/mol. The van der Waals surface area contributed by atoms with E-state index in [1.54, 1.807) is 24.3 Å². The minimum atomic E-state index is -0.400. The number of hydrogen-bond acceptors (Lipinski definition) is 5. The molecule has 0 aliphatic heterocycles. The summed E-state index contributed by atoms with van der Waals surface area (Å²) >= 11 is 0. The predicted molar refractivity (Wildman–Crippen MR) is 109 cm³/mol. The zero-order valence-corrected chi connectivity index (χ0v) is 17.5. The molecule has 0 radical (unpaired) electrons. The summed E-state index contributed by atoms with van der Waals surface area (Å²) in [6.45, 7) is 5.60. The number of carbonyl (C=O) groups excluding carboxylic acids is 3. The number of benzene rings is 1. The second-order valence-corrected chi connectivity index (χ2v) is 7.27. The van der Waals surface area contributed by atoms with Crippen molar-refractivity contribution in [3.8, 4) is 5.75 Å². The minimum Gasteiger partial charge on any atom is -0.463 e. The standard InChI is InChI=1S/C23H34O5/c1-4-5-6-7-8-9-11-18(2)27-22(25)12-10-13-23(26)28-21-16-14-20(15-17-21)19(3)24/h14-18H,4-13H2,1-3H3. The Morgan fingerprint density at radius 2 is 1.46 bits per heavy atom. The number of ether oxygens (including phenoxy) is 2. The van der Waals surface area contributed by atoms with Crippen molar-refractivity contribution >= 4 is 17.7 Å². The summed E-state index contributed by atoms with van der Waals surface area (Å²) in [4.78, 5) is 34.9. The lowest BCUT2D eigenvalue weighted by Gasteiger charge is -2.13. The lowest BCUT2D eigenvalue weighted by Crippen LogP contribution is -2.15. The zero-order chi connectivity index (χ0) is 20.8. The molecule has 0 spiro atoms. The van der Waals surface area contributed by atoms with Gasteiger partial charge in [0.05, 0.1) is 6.10 Å². The summed E-state index contributed by atoms with van der Waals surface area (Å²) in [5, 5.41) is 0. The summed E-state index contributed by atoms with van der Waals surface area (Å²) in [5.74, 6) is -0.312. The topological polar surface area (TPSA) is 69.7 Å². The first kappa shape index (κ1) is 23.9. The predicted octanol–water partition coefficient (Wildman–Crippen LogP) is 5.65. The third-order valence-corrected chi connectivity index (χ3v) is 4.55. The van der Waals surface area contributed by atoms with Crippen LogP contribution >= 0.6 is 0 Å². The van der Waals surface area contributed by atoms with Crippen LogP contribution in [-0.2, 0) is 14.3 Å². The third kappa shape index (κ3) is 10.9. The van der Waals surface area contributed by atoms with Crippen molar-refractivity contribution in [3.05, 3.63) is 29.8 Å². The van der Waals surface area contributed by atoms with Gasteiger partial charge in [-0.25, -0.2) is 0 Å². The summed E-state index contributed by atoms with van der Waals surface area (Å²) < 4.78 is 10.6. The smallest absolute Gasteiger partial charge is 0.311 e. The molecule has 0 bridgehead atoms. The van der Waals surface area contributed by atoms with Gasteiger partial charge in [0.2, 0.25) is 0 Å². The Bertz CT molecular complexity index is 606. The maximum absolute atomic E-state index is 11.9. The Hall–Kier alpha value is -2.17. The van der Waals surface area contributed by atoms with Crippen LogP contribution in [-0.4, -0.2) is 23.8 Å². The highest BCUT2D eigenvalue weighted by Crippen LogP contribution is 2.15. The first-order valence-electron chi connectivity index (χ1n) is 10.4. The molecule has 1 unspecified atom stereocenters. The van der Waals surface area contributed by atoms with Crippen LogP contribution in [0.15, 0.2) is 24.3 Å². The van der Waals surface area contributed by atoms with E-state index in [1.165, 1.54) is 39.0 Å². The van der Waals surface area contributed by atoms with Gasteiger partial charge in [0.15, 0.2) is 5.78 Å². The number of unbranched alkanes of at least 4 members (excludes halogenated alkanes) is 5. The van der Waals surface area contributed by atoms with Crippen molar-refractivity contribution < 1.29 is 23.9 Å². The molecule has 0 amide bonds. The molecule has 0 N–H and O–H groups in total. The first-order valence-corrected chi connectivity index (χ1v) is 10.4. The molecule has 156 valence electrons. The fourth-order valence-electron chi connectivity index (χ4n) is 2.87. The van der Waals surface area contributed by atoms with E-state index in [2.05, 4.69) is 6.92 Å². The van der Waals surface area contributed by atoms with Crippen molar-refractivity contribution in [2.45, 2.75) is 91.1 Å². The molecular formula is C23H34O5. The highest BCUT2D eigenvalue weighted by atomic mass is 16.5. The van der Waals surface area contributed by atoms with Crippen LogP contribution < -0.4 is 4.74 Å². The van der Waals surface area contributed by atoms with Crippen molar-refractivity contribution in [1.29, 1.82) is 0 Å². The molecule has 1 aromatic rings. The fraction of sp³-hybridized carbons (Fsp3) is 0.609. The molecule has 5 heteroatoms. The molecule has 0 fully saturated rings. The molecule has 0 saturated heterocycles. The van der Waals surface area contributed by atoms with Gasteiger partial charge in [-0.15, -0.1) is 0 Å². The van der Waals surface area contributed by atoms with Crippen LogP contribution in [0.4, 0.5) is 0 Å². The van der Waals surface area contributed by atoms with Gasteiger partial charge in [-0.1, -0.05) is 39.0 Å². The molecule has 0 aliphatic carbocycles. The Morgan fingerprint density at radius 3 is 2.11 bits per heavy atom. The van der Waals surface area contributed by atoms with Crippen molar-refractivity contribution in [1.82, 2.24) is 0 Å². The van der Waals surface area contributed by atoms with Gasteiger partial charge in [-0.05, 0) is 57.4 Å². The van der Waals surface area contributed by atoms with Crippen LogP contribution in [0.5, 0.6) is 5.75 Å². The normalized spacial score (nSPS) is 11.7. The summed E-state index contributed by atoms with van der Waals surface area (Å²) in [6.07, 6.45) is 8.87. The van der Waals surface area contributed by atoms with Crippen LogP contribution in [0.2, 0.25) is 0 Å². The van der Waals surface area contributed by atoms with Crippen LogP contribution in [0.25, 0.3) is 0 Å². The molecular weight excluding hydrogens is 356 g/mol.